The molecule has 0 saturated heterocycles. The number of fused-ring (bicyclic) bond motifs is 1. The summed E-state index contributed by atoms with van der Waals surface area (Å²) < 4.78 is 42.3. The summed E-state index contributed by atoms with van der Waals surface area (Å²) in [4.78, 5) is 29.3. The summed E-state index contributed by atoms with van der Waals surface area (Å²) in [5.74, 6) is -1.55. The average molecular weight is 590 g/mol. The van der Waals surface area contributed by atoms with Gasteiger partial charge in [-0.05, 0) is 36.4 Å². The Bertz CT molecular complexity index is 1640. The van der Waals surface area contributed by atoms with E-state index in [-0.39, 0.29) is 24.6 Å². The van der Waals surface area contributed by atoms with Gasteiger partial charge in [0.05, 0.1) is 11.9 Å². The van der Waals surface area contributed by atoms with Crippen molar-refractivity contribution in [1.29, 1.82) is 0 Å². The smallest absolute Gasteiger partial charge is 0.244 e. The molecule has 42 heavy (non-hydrogen) atoms. The standard InChI is InChI=1S/C33H36FN3O4S/c1-4-24(2)35-33(39)31(21-25-13-6-5-7-14-25)36(22-27-16-9-11-19-29(27)34)32(38)23-37(42(3,40)41)30-20-12-17-26-15-8-10-18-28(26)30/h5-20,24,31H,4,21-23H2,1-3H3,(H,35,39)/t24-,31+/m0/s1. The first kappa shape index (κ1) is 30.7. The highest BCUT2D eigenvalue weighted by molar-refractivity contribution is 7.92. The number of halogens is 1. The molecule has 0 aliphatic heterocycles. The molecule has 0 aliphatic carbocycles. The predicted octanol–water partition coefficient (Wildman–Crippen LogP) is 5.30. The van der Waals surface area contributed by atoms with E-state index in [0.717, 1.165) is 21.5 Å². The van der Waals surface area contributed by atoms with Gasteiger partial charge in [0.1, 0.15) is 18.4 Å². The molecule has 220 valence electrons. The van der Waals surface area contributed by atoms with Crippen molar-refractivity contribution in [2.45, 2.75) is 45.3 Å². The number of sulfonamides is 1. The fourth-order valence-corrected chi connectivity index (χ4v) is 5.69. The van der Waals surface area contributed by atoms with E-state index in [2.05, 4.69) is 5.32 Å². The highest BCUT2D eigenvalue weighted by Gasteiger charge is 2.34. The molecule has 0 spiro atoms. The molecule has 2 atom stereocenters. The second kappa shape index (κ2) is 13.6. The number of hydrogen-bond acceptors (Lipinski definition) is 4. The van der Waals surface area contributed by atoms with Crippen LogP contribution >= 0.6 is 0 Å². The van der Waals surface area contributed by atoms with Crippen LogP contribution in [0.15, 0.2) is 97.1 Å². The van der Waals surface area contributed by atoms with Gasteiger partial charge in [0.15, 0.2) is 0 Å². The number of amides is 2. The van der Waals surface area contributed by atoms with E-state index >= 15 is 0 Å². The molecular weight excluding hydrogens is 553 g/mol. The molecule has 4 rings (SSSR count). The zero-order valence-corrected chi connectivity index (χ0v) is 24.9. The first-order chi connectivity index (χ1) is 20.1. The number of carbonyl (C=O) groups is 2. The Morgan fingerprint density at radius 2 is 1.52 bits per heavy atom. The van der Waals surface area contributed by atoms with E-state index in [4.69, 9.17) is 0 Å². The summed E-state index contributed by atoms with van der Waals surface area (Å²) >= 11 is 0. The minimum Gasteiger partial charge on any atom is -0.352 e. The summed E-state index contributed by atoms with van der Waals surface area (Å²) in [6.45, 7) is 3.02. The quantitative estimate of drug-likeness (QED) is 0.243. The predicted molar refractivity (Wildman–Crippen MR) is 165 cm³/mol. The van der Waals surface area contributed by atoms with E-state index in [1.807, 2.05) is 62.4 Å². The second-order valence-electron chi connectivity index (χ2n) is 10.4. The number of nitrogens with zero attached hydrogens (tertiary/aromatic N) is 2. The Labute approximate surface area is 247 Å². The minimum atomic E-state index is -3.94. The van der Waals surface area contributed by atoms with Crippen LogP contribution in [0.4, 0.5) is 10.1 Å². The van der Waals surface area contributed by atoms with Crippen LogP contribution in [-0.2, 0) is 32.6 Å². The van der Waals surface area contributed by atoms with E-state index in [1.165, 1.54) is 11.0 Å². The van der Waals surface area contributed by atoms with Crippen LogP contribution in [0.25, 0.3) is 10.8 Å². The van der Waals surface area contributed by atoms with Gasteiger partial charge in [0, 0.05) is 30.0 Å². The van der Waals surface area contributed by atoms with Crippen LogP contribution in [0, 0.1) is 5.82 Å². The van der Waals surface area contributed by atoms with E-state index < -0.39 is 40.2 Å². The zero-order valence-electron chi connectivity index (χ0n) is 24.0. The van der Waals surface area contributed by atoms with Crippen LogP contribution in [0.2, 0.25) is 0 Å². The van der Waals surface area contributed by atoms with Crippen molar-refractivity contribution in [2.75, 3.05) is 17.1 Å². The summed E-state index contributed by atoms with van der Waals surface area (Å²) in [5.41, 5.74) is 1.37. The molecule has 4 aromatic carbocycles. The first-order valence-electron chi connectivity index (χ1n) is 13.9. The maximum absolute atomic E-state index is 14.9. The Kier molecular flexibility index (Phi) is 9.96. The van der Waals surface area contributed by atoms with Gasteiger partial charge in [-0.2, -0.15) is 0 Å². The van der Waals surface area contributed by atoms with E-state index in [1.54, 1.807) is 42.5 Å². The largest absolute Gasteiger partial charge is 0.352 e. The number of nitrogens with one attached hydrogen (secondary N) is 1. The number of carbonyl (C=O) groups excluding carboxylic acids is 2. The highest BCUT2D eigenvalue weighted by Crippen LogP contribution is 2.29. The van der Waals surface area contributed by atoms with Gasteiger partial charge in [0.2, 0.25) is 21.8 Å². The van der Waals surface area contributed by atoms with Gasteiger partial charge in [-0.25, -0.2) is 12.8 Å². The van der Waals surface area contributed by atoms with Crippen molar-refractivity contribution in [3.63, 3.8) is 0 Å². The van der Waals surface area contributed by atoms with E-state index in [9.17, 15) is 22.4 Å². The second-order valence-corrected chi connectivity index (χ2v) is 12.3. The van der Waals surface area contributed by atoms with Crippen molar-refractivity contribution >= 4 is 38.3 Å². The number of benzene rings is 4. The number of anilines is 1. The molecule has 0 aliphatic rings. The Morgan fingerprint density at radius 3 is 2.21 bits per heavy atom. The lowest BCUT2D eigenvalue weighted by Gasteiger charge is -2.34. The minimum absolute atomic E-state index is 0.163. The summed E-state index contributed by atoms with van der Waals surface area (Å²) in [7, 11) is -3.94. The molecule has 0 unspecified atom stereocenters. The average Bonchev–Trinajstić information content (AvgIpc) is 2.98. The van der Waals surface area contributed by atoms with Crippen molar-refractivity contribution < 1.29 is 22.4 Å². The maximum Gasteiger partial charge on any atom is 0.244 e. The van der Waals surface area contributed by atoms with Gasteiger partial charge in [-0.15, -0.1) is 0 Å². The first-order valence-corrected chi connectivity index (χ1v) is 15.8. The monoisotopic (exact) mass is 589 g/mol. The molecule has 0 radical (unpaired) electrons. The molecule has 0 bridgehead atoms. The van der Waals surface area contributed by atoms with Gasteiger partial charge < -0.3 is 10.2 Å². The molecule has 0 aromatic heterocycles. The summed E-state index contributed by atoms with van der Waals surface area (Å²) in [5, 5.41) is 4.44. The molecule has 0 saturated carbocycles. The number of rotatable bonds is 12. The molecule has 2 amide bonds. The normalized spacial score (nSPS) is 12.9. The van der Waals surface area contributed by atoms with Crippen LogP contribution in [0.1, 0.15) is 31.4 Å². The fraction of sp³-hybridized carbons (Fsp3) is 0.273. The molecule has 9 heteroatoms. The van der Waals surface area contributed by atoms with E-state index in [0.29, 0.717) is 17.5 Å². The summed E-state index contributed by atoms with van der Waals surface area (Å²) in [6, 6.07) is 26.7. The van der Waals surface area contributed by atoms with Crippen LogP contribution in [0.5, 0.6) is 0 Å². The fourth-order valence-electron chi connectivity index (χ4n) is 4.83. The molecule has 7 nitrogen and oxygen atoms in total. The van der Waals surface area contributed by atoms with Gasteiger partial charge >= 0.3 is 0 Å². The number of hydrogen-bond donors (Lipinski definition) is 1. The SMILES string of the molecule is CC[C@H](C)NC(=O)[C@@H](Cc1ccccc1)N(Cc1ccccc1F)C(=O)CN(c1cccc2ccccc12)S(C)(=O)=O. The molecular formula is C33H36FN3O4S. The Hall–Kier alpha value is -4.24. The topological polar surface area (TPSA) is 86.8 Å². The van der Waals surface area contributed by atoms with Gasteiger partial charge in [-0.3, -0.25) is 13.9 Å². The highest BCUT2D eigenvalue weighted by atomic mass is 32.2. The van der Waals surface area contributed by atoms with Gasteiger partial charge in [0.25, 0.3) is 0 Å². The summed E-state index contributed by atoms with van der Waals surface area (Å²) in [6.07, 6.45) is 1.88. The zero-order chi connectivity index (χ0) is 30.3. The lowest BCUT2D eigenvalue weighted by atomic mass is 10.0. The molecule has 0 heterocycles. The third-order valence-electron chi connectivity index (χ3n) is 7.29. The molecule has 4 aromatic rings. The Balaban J connectivity index is 1.79. The van der Waals surface area contributed by atoms with Crippen LogP contribution < -0.4 is 9.62 Å². The maximum atomic E-state index is 14.9. The molecule has 1 N–H and O–H groups in total. The van der Waals surface area contributed by atoms with Crippen molar-refractivity contribution in [1.82, 2.24) is 10.2 Å². The van der Waals surface area contributed by atoms with Crippen molar-refractivity contribution in [2.24, 2.45) is 0 Å². The van der Waals surface area contributed by atoms with Crippen LogP contribution in [-0.4, -0.2) is 50.0 Å². The molecule has 0 fully saturated rings. The lowest BCUT2D eigenvalue weighted by Crippen LogP contribution is -2.54. The lowest BCUT2D eigenvalue weighted by molar-refractivity contribution is -0.140. The van der Waals surface area contributed by atoms with Crippen LogP contribution in [0.3, 0.4) is 0 Å². The third kappa shape index (κ3) is 7.53. The third-order valence-corrected chi connectivity index (χ3v) is 8.41. The Morgan fingerprint density at radius 1 is 0.881 bits per heavy atom. The van der Waals surface area contributed by atoms with Gasteiger partial charge in [-0.1, -0.05) is 91.9 Å². The van der Waals surface area contributed by atoms with Crippen molar-refractivity contribution in [3.05, 3.63) is 114 Å². The van der Waals surface area contributed by atoms with Crippen molar-refractivity contribution in [3.8, 4) is 0 Å².